The fraction of sp³-hybridized carbons (Fsp3) is 0.500. The van der Waals surface area contributed by atoms with Gasteiger partial charge in [0, 0.05) is 32.1 Å². The number of rotatable bonds is 2. The quantitative estimate of drug-likeness (QED) is 0.808. The van der Waals surface area contributed by atoms with Gasteiger partial charge in [0.25, 0.3) is 0 Å². The largest absolute Gasteiger partial charge is 0.458 e. The summed E-state index contributed by atoms with van der Waals surface area (Å²) in [7, 11) is 0. The number of ether oxygens (including phenoxy) is 1. The first-order valence-corrected chi connectivity index (χ1v) is 5.29. The van der Waals surface area contributed by atoms with Gasteiger partial charge in [0.2, 0.25) is 5.85 Å². The zero-order valence-corrected chi connectivity index (χ0v) is 9.14. The molecule has 0 radical (unpaired) electrons. The summed E-state index contributed by atoms with van der Waals surface area (Å²) in [5.74, 6) is -1.04. The van der Waals surface area contributed by atoms with E-state index in [9.17, 15) is 4.39 Å². The normalized spacial score (nSPS) is 15.4. The van der Waals surface area contributed by atoms with Gasteiger partial charge < -0.3 is 10.1 Å². The average Bonchev–Trinajstić information content (AvgIpc) is 2.15. The lowest BCUT2D eigenvalue weighted by atomic mass is 10.0. The molecule has 0 aromatic heterocycles. The summed E-state index contributed by atoms with van der Waals surface area (Å²) in [4.78, 5) is 0. The van der Waals surface area contributed by atoms with Crippen LogP contribution < -0.4 is 10.1 Å². The molecule has 15 heavy (non-hydrogen) atoms. The number of hydrogen-bond donors (Lipinski definition) is 1. The van der Waals surface area contributed by atoms with Crippen LogP contribution in [0.2, 0.25) is 0 Å². The highest BCUT2D eigenvalue weighted by Gasteiger charge is 2.18. The van der Waals surface area contributed by atoms with Gasteiger partial charge in [0.1, 0.15) is 5.75 Å². The molecule has 1 aromatic carbocycles. The second kappa shape index (κ2) is 3.72. The number of alkyl halides is 1. The second-order valence-corrected chi connectivity index (χ2v) is 4.31. The standard InChI is InChI=1S/C12H16FNO/c1-12(2,13)15-10-6-5-9-4-3-7-14-11(9)8-10/h5-6,8,14H,3-4,7H2,1-2H3. The van der Waals surface area contributed by atoms with E-state index in [-0.39, 0.29) is 0 Å². The lowest BCUT2D eigenvalue weighted by Crippen LogP contribution is -2.21. The van der Waals surface area contributed by atoms with Gasteiger partial charge in [-0.1, -0.05) is 6.07 Å². The highest BCUT2D eigenvalue weighted by molar-refractivity contribution is 5.56. The molecule has 1 N–H and O–H groups in total. The van der Waals surface area contributed by atoms with Gasteiger partial charge in [-0.2, -0.15) is 4.39 Å². The molecule has 2 nitrogen and oxygen atoms in total. The molecule has 0 fully saturated rings. The van der Waals surface area contributed by atoms with E-state index in [0.29, 0.717) is 5.75 Å². The topological polar surface area (TPSA) is 21.3 Å². The molecule has 82 valence electrons. The Labute approximate surface area is 89.4 Å². The fourth-order valence-electron chi connectivity index (χ4n) is 1.78. The predicted molar refractivity (Wildman–Crippen MR) is 59.1 cm³/mol. The Kier molecular flexibility index (Phi) is 2.55. The third-order valence-electron chi connectivity index (χ3n) is 2.38. The fourth-order valence-corrected chi connectivity index (χ4v) is 1.78. The Morgan fingerprint density at radius 3 is 2.93 bits per heavy atom. The van der Waals surface area contributed by atoms with Crippen LogP contribution in [0.5, 0.6) is 5.75 Å². The molecule has 0 unspecified atom stereocenters. The van der Waals surface area contributed by atoms with Crippen LogP contribution in [-0.4, -0.2) is 12.4 Å². The van der Waals surface area contributed by atoms with Gasteiger partial charge in [0.15, 0.2) is 0 Å². The summed E-state index contributed by atoms with van der Waals surface area (Å²) in [5.41, 5.74) is 2.35. The van der Waals surface area contributed by atoms with Crippen molar-refractivity contribution in [2.75, 3.05) is 11.9 Å². The number of aryl methyl sites for hydroxylation is 1. The van der Waals surface area contributed by atoms with Crippen molar-refractivity contribution in [1.29, 1.82) is 0 Å². The third kappa shape index (κ3) is 2.61. The van der Waals surface area contributed by atoms with E-state index < -0.39 is 5.85 Å². The zero-order chi connectivity index (χ0) is 10.9. The number of nitrogens with one attached hydrogen (secondary N) is 1. The van der Waals surface area contributed by atoms with Crippen molar-refractivity contribution in [3.05, 3.63) is 23.8 Å². The summed E-state index contributed by atoms with van der Waals surface area (Å²) < 4.78 is 18.4. The van der Waals surface area contributed by atoms with Crippen molar-refractivity contribution in [2.45, 2.75) is 32.5 Å². The van der Waals surface area contributed by atoms with Crippen LogP contribution in [0.15, 0.2) is 18.2 Å². The van der Waals surface area contributed by atoms with Crippen molar-refractivity contribution in [3.8, 4) is 5.75 Å². The molecule has 0 saturated carbocycles. The second-order valence-electron chi connectivity index (χ2n) is 4.31. The number of anilines is 1. The maximum Gasteiger partial charge on any atom is 0.242 e. The molecule has 0 bridgehead atoms. The molecule has 1 heterocycles. The SMILES string of the molecule is CC(C)(F)Oc1ccc2c(c1)NCCC2. The predicted octanol–water partition coefficient (Wildman–Crippen LogP) is 3.13. The average molecular weight is 209 g/mol. The molecule has 0 saturated heterocycles. The van der Waals surface area contributed by atoms with Crippen LogP contribution in [-0.2, 0) is 6.42 Å². The first-order chi connectivity index (χ1) is 7.04. The first-order valence-electron chi connectivity index (χ1n) is 5.29. The molecular weight excluding hydrogens is 193 g/mol. The number of fused-ring (bicyclic) bond motifs is 1. The van der Waals surface area contributed by atoms with Crippen LogP contribution in [0.4, 0.5) is 10.1 Å². The van der Waals surface area contributed by atoms with Gasteiger partial charge in [0.05, 0.1) is 0 Å². The molecular formula is C12H16FNO. The van der Waals surface area contributed by atoms with Gasteiger partial charge in [-0.25, -0.2) is 0 Å². The van der Waals surface area contributed by atoms with Crippen LogP contribution >= 0.6 is 0 Å². The van der Waals surface area contributed by atoms with Crippen molar-refractivity contribution in [1.82, 2.24) is 0 Å². The first kappa shape index (κ1) is 10.3. The minimum absolute atomic E-state index is 0.579. The minimum Gasteiger partial charge on any atom is -0.458 e. The van der Waals surface area contributed by atoms with E-state index in [4.69, 9.17) is 4.74 Å². The van der Waals surface area contributed by atoms with Crippen LogP contribution in [0.25, 0.3) is 0 Å². The lowest BCUT2D eigenvalue weighted by molar-refractivity contribution is -0.0256. The van der Waals surface area contributed by atoms with E-state index in [0.717, 1.165) is 25.1 Å². The lowest BCUT2D eigenvalue weighted by Gasteiger charge is -2.21. The van der Waals surface area contributed by atoms with Crippen LogP contribution in [0.1, 0.15) is 25.8 Å². The summed E-state index contributed by atoms with van der Waals surface area (Å²) in [6, 6.07) is 5.70. The number of hydrogen-bond acceptors (Lipinski definition) is 2. The highest BCUT2D eigenvalue weighted by atomic mass is 19.2. The van der Waals surface area contributed by atoms with E-state index in [1.807, 2.05) is 18.2 Å². The molecule has 3 heteroatoms. The van der Waals surface area contributed by atoms with Crippen molar-refractivity contribution >= 4 is 5.69 Å². The summed E-state index contributed by atoms with van der Waals surface area (Å²) in [5, 5.41) is 3.29. The summed E-state index contributed by atoms with van der Waals surface area (Å²) in [6.45, 7) is 3.79. The Balaban J connectivity index is 2.21. The number of halogens is 1. The van der Waals surface area contributed by atoms with Crippen molar-refractivity contribution in [2.24, 2.45) is 0 Å². The van der Waals surface area contributed by atoms with Gasteiger partial charge in [-0.05, 0) is 24.5 Å². The van der Waals surface area contributed by atoms with Gasteiger partial charge in [-0.3, -0.25) is 0 Å². The highest BCUT2D eigenvalue weighted by Crippen LogP contribution is 2.28. The Morgan fingerprint density at radius 1 is 1.40 bits per heavy atom. The molecule has 0 aliphatic carbocycles. The molecule has 0 spiro atoms. The van der Waals surface area contributed by atoms with Crippen molar-refractivity contribution in [3.63, 3.8) is 0 Å². The van der Waals surface area contributed by atoms with Gasteiger partial charge in [-0.15, -0.1) is 0 Å². The third-order valence-corrected chi connectivity index (χ3v) is 2.38. The van der Waals surface area contributed by atoms with E-state index in [1.54, 1.807) is 0 Å². The summed E-state index contributed by atoms with van der Waals surface area (Å²) in [6.07, 6.45) is 2.24. The van der Waals surface area contributed by atoms with E-state index in [2.05, 4.69) is 5.32 Å². The molecule has 2 rings (SSSR count). The van der Waals surface area contributed by atoms with Crippen molar-refractivity contribution < 1.29 is 9.13 Å². The minimum atomic E-state index is -1.62. The molecule has 0 amide bonds. The molecule has 0 atom stereocenters. The Bertz CT molecular complexity index is 357. The maximum absolute atomic E-state index is 13.3. The van der Waals surface area contributed by atoms with E-state index >= 15 is 0 Å². The molecule has 1 aromatic rings. The Hall–Kier alpha value is -1.25. The zero-order valence-electron chi connectivity index (χ0n) is 9.14. The molecule has 1 aliphatic heterocycles. The number of benzene rings is 1. The van der Waals surface area contributed by atoms with Crippen LogP contribution in [0.3, 0.4) is 0 Å². The monoisotopic (exact) mass is 209 g/mol. The van der Waals surface area contributed by atoms with E-state index in [1.165, 1.54) is 19.4 Å². The Morgan fingerprint density at radius 2 is 2.20 bits per heavy atom. The maximum atomic E-state index is 13.3. The molecule has 1 aliphatic rings. The summed E-state index contributed by atoms with van der Waals surface area (Å²) >= 11 is 0. The van der Waals surface area contributed by atoms with Gasteiger partial charge >= 0.3 is 0 Å². The van der Waals surface area contributed by atoms with Crippen LogP contribution in [0, 0.1) is 0 Å². The smallest absolute Gasteiger partial charge is 0.242 e.